The van der Waals surface area contributed by atoms with Gasteiger partial charge in [0.25, 0.3) is 5.91 Å². The molecule has 0 atom stereocenters. The zero-order valence-corrected chi connectivity index (χ0v) is 21.6. The van der Waals surface area contributed by atoms with Gasteiger partial charge in [-0.1, -0.05) is 0 Å². The first-order valence-electron chi connectivity index (χ1n) is 11.4. The van der Waals surface area contributed by atoms with E-state index in [1.807, 2.05) is 0 Å². The van der Waals surface area contributed by atoms with Gasteiger partial charge in [-0.3, -0.25) is 9.59 Å². The summed E-state index contributed by atoms with van der Waals surface area (Å²) >= 11 is 0. The quantitative estimate of drug-likeness (QED) is 0.286. The maximum atomic E-state index is 13.5. The molecule has 0 radical (unpaired) electrons. The maximum absolute atomic E-state index is 13.5. The molecular formula is C27H25FN2O7S. The number of rotatable bonds is 10. The number of methoxy groups -OCH3 is 1. The van der Waals surface area contributed by atoms with Crippen molar-refractivity contribution in [2.75, 3.05) is 38.2 Å². The topological polar surface area (TPSA) is 124 Å². The third kappa shape index (κ3) is 5.94. The highest BCUT2D eigenvalue weighted by atomic mass is 32.2. The van der Waals surface area contributed by atoms with Gasteiger partial charge in [-0.05, 0) is 54.6 Å². The molecule has 9 nitrogen and oxygen atoms in total. The highest BCUT2D eigenvalue weighted by molar-refractivity contribution is 7.90. The van der Waals surface area contributed by atoms with Gasteiger partial charge in [0.15, 0.2) is 22.2 Å². The molecular weight excluding hydrogens is 515 g/mol. The van der Waals surface area contributed by atoms with E-state index < -0.39 is 27.4 Å². The smallest absolute Gasteiger partial charge is 0.255 e. The van der Waals surface area contributed by atoms with Crippen LogP contribution in [0.25, 0.3) is 22.3 Å². The van der Waals surface area contributed by atoms with Crippen molar-refractivity contribution < 1.29 is 36.3 Å². The van der Waals surface area contributed by atoms with Crippen LogP contribution in [0.1, 0.15) is 20.7 Å². The largest absolute Gasteiger partial charge is 0.497 e. The Balaban J connectivity index is 1.77. The van der Waals surface area contributed by atoms with E-state index in [0.29, 0.717) is 22.3 Å². The maximum Gasteiger partial charge on any atom is 0.255 e. The highest BCUT2D eigenvalue weighted by Gasteiger charge is 2.24. The number of amides is 1. The standard InChI is InChI=1S/C27H25FN2O7S/c1-29-27(32)25-20-12-24(36-14-22(31)16-6-10-19(35-2)11-7-16)21(30-15-38(3,33)34)13-23(20)37-26(25)17-4-8-18(28)9-5-17/h4-13,30H,14-15H2,1-3H3,(H,29,32). The zero-order chi connectivity index (χ0) is 27.4. The van der Waals surface area contributed by atoms with E-state index in [4.69, 9.17) is 13.9 Å². The number of ketones is 1. The number of carbonyl (C=O) groups is 2. The second-order valence-electron chi connectivity index (χ2n) is 8.42. The molecule has 38 heavy (non-hydrogen) atoms. The fourth-order valence-corrected chi connectivity index (χ4v) is 4.17. The molecule has 4 aromatic rings. The van der Waals surface area contributed by atoms with Crippen LogP contribution in [0.5, 0.6) is 11.5 Å². The Bertz CT molecular complexity index is 1600. The summed E-state index contributed by atoms with van der Waals surface area (Å²) in [5, 5.41) is 5.72. The number of Topliss-reactive ketones (excluding diaryl/α,β-unsaturated/α-hetero) is 1. The molecule has 4 rings (SSSR count). The second kappa shape index (κ2) is 10.9. The second-order valence-corrected chi connectivity index (χ2v) is 10.6. The number of nitrogens with one attached hydrogen (secondary N) is 2. The molecule has 0 saturated carbocycles. The van der Waals surface area contributed by atoms with Crippen molar-refractivity contribution in [1.82, 2.24) is 5.32 Å². The van der Waals surface area contributed by atoms with Crippen LogP contribution in [0, 0.1) is 5.82 Å². The van der Waals surface area contributed by atoms with Crippen molar-refractivity contribution in [2.45, 2.75) is 0 Å². The Morgan fingerprint density at radius 2 is 1.71 bits per heavy atom. The van der Waals surface area contributed by atoms with Crippen molar-refractivity contribution in [2.24, 2.45) is 0 Å². The minimum atomic E-state index is -3.42. The van der Waals surface area contributed by atoms with Crippen molar-refractivity contribution in [3.63, 3.8) is 0 Å². The molecule has 1 heterocycles. The number of fused-ring (bicyclic) bond motifs is 1. The van der Waals surface area contributed by atoms with Gasteiger partial charge in [-0.2, -0.15) is 0 Å². The van der Waals surface area contributed by atoms with Gasteiger partial charge in [-0.15, -0.1) is 0 Å². The van der Waals surface area contributed by atoms with Gasteiger partial charge >= 0.3 is 0 Å². The molecule has 0 fully saturated rings. The van der Waals surface area contributed by atoms with Crippen molar-refractivity contribution in [3.05, 3.63) is 77.6 Å². The summed E-state index contributed by atoms with van der Waals surface area (Å²) in [6, 6.07) is 14.9. The Morgan fingerprint density at radius 1 is 1.03 bits per heavy atom. The molecule has 0 unspecified atom stereocenters. The Hall–Kier alpha value is -4.38. The fraction of sp³-hybridized carbons (Fsp3) is 0.185. The molecule has 0 aliphatic rings. The van der Waals surface area contributed by atoms with Crippen molar-refractivity contribution >= 4 is 38.2 Å². The zero-order valence-electron chi connectivity index (χ0n) is 20.8. The number of hydrogen-bond acceptors (Lipinski definition) is 8. The Labute approximate surface area is 218 Å². The summed E-state index contributed by atoms with van der Waals surface area (Å²) in [5.74, 6) is -0.711. The first kappa shape index (κ1) is 26.7. The van der Waals surface area contributed by atoms with Gasteiger partial charge in [-0.25, -0.2) is 12.8 Å². The summed E-state index contributed by atoms with van der Waals surface area (Å²) in [5.41, 5.74) is 1.53. The number of ether oxygens (including phenoxy) is 2. The molecule has 0 aliphatic heterocycles. The molecule has 3 aromatic carbocycles. The number of halogens is 1. The molecule has 11 heteroatoms. The minimum absolute atomic E-state index is 0.139. The van der Waals surface area contributed by atoms with Crippen LogP contribution < -0.4 is 20.1 Å². The van der Waals surface area contributed by atoms with Crippen LogP contribution in [0.4, 0.5) is 10.1 Å². The monoisotopic (exact) mass is 540 g/mol. The number of sulfone groups is 1. The first-order valence-corrected chi connectivity index (χ1v) is 13.5. The number of anilines is 1. The molecule has 0 bridgehead atoms. The van der Waals surface area contributed by atoms with Gasteiger partial charge in [0.05, 0.1) is 18.4 Å². The SMILES string of the molecule is CNC(=O)c1c(-c2ccc(F)cc2)oc2cc(NCS(C)(=O)=O)c(OCC(=O)c3ccc(OC)cc3)cc12. The van der Waals surface area contributed by atoms with E-state index in [2.05, 4.69) is 10.6 Å². The molecule has 0 saturated heterocycles. The Morgan fingerprint density at radius 3 is 2.32 bits per heavy atom. The lowest BCUT2D eigenvalue weighted by Gasteiger charge is -2.13. The normalized spacial score (nSPS) is 11.3. The van der Waals surface area contributed by atoms with Gasteiger partial charge in [0.2, 0.25) is 0 Å². The lowest BCUT2D eigenvalue weighted by Crippen LogP contribution is -2.18. The van der Waals surface area contributed by atoms with Crippen LogP contribution in [0.15, 0.2) is 65.1 Å². The summed E-state index contributed by atoms with van der Waals surface area (Å²) in [7, 11) is -0.436. The number of carbonyl (C=O) groups excluding carboxylic acids is 2. The average molecular weight is 541 g/mol. The lowest BCUT2D eigenvalue weighted by atomic mass is 10.0. The molecule has 0 spiro atoms. The van der Waals surface area contributed by atoms with Crippen molar-refractivity contribution in [3.8, 4) is 22.8 Å². The molecule has 0 aliphatic carbocycles. The number of hydrogen-bond donors (Lipinski definition) is 2. The van der Waals surface area contributed by atoms with Crippen LogP contribution in [0.3, 0.4) is 0 Å². The van der Waals surface area contributed by atoms with Crippen LogP contribution in [-0.4, -0.2) is 53.0 Å². The highest BCUT2D eigenvalue weighted by Crippen LogP contribution is 2.39. The fourth-order valence-electron chi connectivity index (χ4n) is 3.75. The molecule has 1 aromatic heterocycles. The Kier molecular flexibility index (Phi) is 7.67. The van der Waals surface area contributed by atoms with Gasteiger partial charge in [0, 0.05) is 35.9 Å². The van der Waals surface area contributed by atoms with Gasteiger partial charge < -0.3 is 24.5 Å². The predicted molar refractivity (Wildman–Crippen MR) is 141 cm³/mol. The summed E-state index contributed by atoms with van der Waals surface area (Å²) in [6.45, 7) is -0.358. The summed E-state index contributed by atoms with van der Waals surface area (Å²) in [4.78, 5) is 25.6. The van der Waals surface area contributed by atoms with Crippen LogP contribution in [-0.2, 0) is 9.84 Å². The van der Waals surface area contributed by atoms with E-state index in [-0.39, 0.29) is 40.7 Å². The molecule has 1 amide bonds. The van der Waals surface area contributed by atoms with Crippen molar-refractivity contribution in [1.29, 1.82) is 0 Å². The summed E-state index contributed by atoms with van der Waals surface area (Å²) < 4.78 is 54.0. The number of benzene rings is 3. The first-order chi connectivity index (χ1) is 18.1. The summed E-state index contributed by atoms with van der Waals surface area (Å²) in [6.07, 6.45) is 1.06. The van der Waals surface area contributed by atoms with E-state index in [0.717, 1.165) is 6.26 Å². The van der Waals surface area contributed by atoms with E-state index in [1.54, 1.807) is 24.3 Å². The average Bonchev–Trinajstić information content (AvgIpc) is 3.28. The third-order valence-electron chi connectivity index (χ3n) is 5.65. The van der Waals surface area contributed by atoms with Gasteiger partial charge in [0.1, 0.15) is 34.5 Å². The van der Waals surface area contributed by atoms with Crippen LogP contribution in [0.2, 0.25) is 0 Å². The minimum Gasteiger partial charge on any atom is -0.497 e. The molecule has 198 valence electrons. The lowest BCUT2D eigenvalue weighted by molar-refractivity contribution is 0.0920. The predicted octanol–water partition coefficient (Wildman–Crippen LogP) is 4.28. The number of furan rings is 1. The van der Waals surface area contributed by atoms with E-state index >= 15 is 0 Å². The van der Waals surface area contributed by atoms with E-state index in [9.17, 15) is 22.4 Å². The van der Waals surface area contributed by atoms with Crippen LogP contribution >= 0.6 is 0 Å². The van der Waals surface area contributed by atoms with E-state index in [1.165, 1.54) is 50.6 Å². The molecule has 2 N–H and O–H groups in total. The third-order valence-corrected chi connectivity index (χ3v) is 6.32.